The Hall–Kier alpha value is -2.27. The molecule has 0 aliphatic carbocycles. The number of carbonyl (C=O) groups excluding carboxylic acids is 3. The lowest BCUT2D eigenvalue weighted by Gasteiger charge is -2.28. The van der Waals surface area contributed by atoms with Crippen molar-refractivity contribution >= 4 is 26.7 Å². The van der Waals surface area contributed by atoms with Crippen LogP contribution in [0.1, 0.15) is 47.9 Å². The summed E-state index contributed by atoms with van der Waals surface area (Å²) in [7, 11) is -2.78. The molecule has 10 heteroatoms. The van der Waals surface area contributed by atoms with Crippen LogP contribution in [0, 0.1) is 0 Å². The molecule has 2 rings (SSSR count). The van der Waals surface area contributed by atoms with Crippen molar-refractivity contribution in [2.24, 2.45) is 0 Å². The van der Waals surface area contributed by atoms with Gasteiger partial charge in [0, 0.05) is 32.4 Å². The molecule has 0 aromatic heterocycles. The number of hydrogen-bond acceptors (Lipinski definition) is 7. The maximum Gasteiger partial charge on any atom is 0.500 e. The molecule has 0 atom stereocenters. The van der Waals surface area contributed by atoms with Gasteiger partial charge in [0.25, 0.3) is 11.8 Å². The fourth-order valence-corrected chi connectivity index (χ4v) is 5.47. The van der Waals surface area contributed by atoms with Crippen LogP contribution >= 0.6 is 0 Å². The van der Waals surface area contributed by atoms with E-state index < -0.39 is 26.7 Å². The van der Waals surface area contributed by atoms with Crippen LogP contribution in [0.15, 0.2) is 24.3 Å². The summed E-state index contributed by atoms with van der Waals surface area (Å²) in [4.78, 5) is 41.2. The molecule has 1 aromatic carbocycles. The lowest BCUT2D eigenvalue weighted by atomic mass is 10.1. The smallest absolute Gasteiger partial charge is 0.374 e. The van der Waals surface area contributed by atoms with Gasteiger partial charge in [-0.3, -0.25) is 9.59 Å². The largest absolute Gasteiger partial charge is 0.500 e. The number of nitrogens with one attached hydrogen (secondary N) is 1. The molecule has 28 heavy (non-hydrogen) atoms. The van der Waals surface area contributed by atoms with Gasteiger partial charge in [0.2, 0.25) is 0 Å². The molecule has 0 radical (unpaired) electrons. The second-order valence-corrected chi connectivity index (χ2v) is 8.57. The summed E-state index contributed by atoms with van der Waals surface area (Å²) >= 11 is 0. The van der Waals surface area contributed by atoms with Crippen molar-refractivity contribution in [3.05, 3.63) is 35.4 Å². The number of carbonyl (C=O) groups is 3. The Labute approximate surface area is 165 Å². The number of nitrogens with zero attached hydrogens (tertiary/aromatic N) is 1. The first-order chi connectivity index (χ1) is 13.5. The van der Waals surface area contributed by atoms with Crippen LogP contribution in [0.25, 0.3) is 0 Å². The van der Waals surface area contributed by atoms with Crippen molar-refractivity contribution in [3.8, 4) is 0 Å². The number of amides is 3. The van der Waals surface area contributed by atoms with Crippen molar-refractivity contribution in [3.63, 3.8) is 0 Å². The Balaban J connectivity index is 1.83. The molecule has 1 heterocycles. The van der Waals surface area contributed by atoms with Crippen LogP contribution in [-0.4, -0.2) is 58.1 Å². The van der Waals surface area contributed by atoms with Crippen LogP contribution in [0.4, 0.5) is 4.79 Å². The van der Waals surface area contributed by atoms with Gasteiger partial charge < -0.3 is 23.4 Å². The molecule has 9 nitrogen and oxygen atoms in total. The van der Waals surface area contributed by atoms with E-state index in [9.17, 15) is 14.4 Å². The standard InChI is InChI=1S/C18H26N2O7Si/c1-4-24-28(25-5-2,26-6-3)13-9-12-19-18(23)27-20-16(21)14-10-7-8-11-15(14)17(20)22/h7-8,10-11H,4-6,9,12-13H2,1-3H3,(H,19,23). The highest BCUT2D eigenvalue weighted by atomic mass is 28.4. The molecule has 0 saturated carbocycles. The van der Waals surface area contributed by atoms with Gasteiger partial charge in [-0.05, 0) is 39.3 Å². The van der Waals surface area contributed by atoms with Crippen LogP contribution in [0.3, 0.4) is 0 Å². The molecule has 1 aromatic rings. The summed E-state index contributed by atoms with van der Waals surface area (Å²) in [5, 5.41) is 3.00. The topological polar surface area (TPSA) is 103 Å². The van der Waals surface area contributed by atoms with Crippen molar-refractivity contribution < 1.29 is 32.5 Å². The summed E-state index contributed by atoms with van der Waals surface area (Å²) in [5.41, 5.74) is 0.419. The third-order valence-electron chi connectivity index (χ3n) is 3.95. The zero-order valence-electron chi connectivity index (χ0n) is 16.4. The summed E-state index contributed by atoms with van der Waals surface area (Å²) < 4.78 is 17.2. The molecule has 1 aliphatic rings. The van der Waals surface area contributed by atoms with Gasteiger partial charge in [-0.1, -0.05) is 17.2 Å². The van der Waals surface area contributed by atoms with E-state index in [1.54, 1.807) is 12.1 Å². The molecule has 0 bridgehead atoms. The maximum atomic E-state index is 12.2. The van der Waals surface area contributed by atoms with Gasteiger partial charge in [0.05, 0.1) is 11.1 Å². The minimum absolute atomic E-state index is 0.209. The fraction of sp³-hybridized carbons (Fsp3) is 0.500. The first-order valence-corrected chi connectivity index (χ1v) is 11.3. The molecule has 1 N–H and O–H groups in total. The number of fused-ring (bicyclic) bond motifs is 1. The average Bonchev–Trinajstić information content (AvgIpc) is 2.91. The van der Waals surface area contributed by atoms with E-state index in [1.807, 2.05) is 20.8 Å². The molecule has 154 valence electrons. The van der Waals surface area contributed by atoms with E-state index >= 15 is 0 Å². The SMILES string of the molecule is CCO[Si](CCCNC(=O)ON1C(=O)c2ccccc2C1=O)(OCC)OCC. The number of hydroxylamine groups is 2. The normalized spacial score (nSPS) is 13.6. The Morgan fingerprint density at radius 3 is 1.93 bits per heavy atom. The van der Waals surface area contributed by atoms with E-state index in [0.29, 0.717) is 37.3 Å². The predicted molar refractivity (Wildman–Crippen MR) is 101 cm³/mol. The highest BCUT2D eigenvalue weighted by Gasteiger charge is 2.40. The van der Waals surface area contributed by atoms with Crippen molar-refractivity contribution in [1.29, 1.82) is 0 Å². The zero-order chi connectivity index (χ0) is 20.6. The highest BCUT2D eigenvalue weighted by Crippen LogP contribution is 2.22. The molecule has 0 unspecified atom stereocenters. The average molecular weight is 410 g/mol. The first-order valence-electron chi connectivity index (χ1n) is 9.33. The molecular formula is C18H26N2O7Si. The van der Waals surface area contributed by atoms with E-state index in [4.69, 9.17) is 18.1 Å². The molecule has 1 aliphatic heterocycles. The lowest BCUT2D eigenvalue weighted by molar-refractivity contribution is -0.0448. The third-order valence-corrected chi connectivity index (χ3v) is 7.10. The number of benzene rings is 1. The predicted octanol–water partition coefficient (Wildman–Crippen LogP) is 2.36. The quantitative estimate of drug-likeness (QED) is 0.339. The summed E-state index contributed by atoms with van der Waals surface area (Å²) in [6, 6.07) is 6.82. The van der Waals surface area contributed by atoms with Crippen LogP contribution in [-0.2, 0) is 18.1 Å². The van der Waals surface area contributed by atoms with Gasteiger partial charge >= 0.3 is 14.9 Å². The molecule has 0 fully saturated rings. The van der Waals surface area contributed by atoms with Crippen molar-refractivity contribution in [2.75, 3.05) is 26.4 Å². The van der Waals surface area contributed by atoms with Crippen molar-refractivity contribution in [2.45, 2.75) is 33.2 Å². The van der Waals surface area contributed by atoms with Gasteiger partial charge in [-0.2, -0.15) is 0 Å². The monoisotopic (exact) mass is 410 g/mol. The Morgan fingerprint density at radius 2 is 1.46 bits per heavy atom. The summed E-state index contributed by atoms with van der Waals surface area (Å²) in [6.45, 7) is 7.29. The van der Waals surface area contributed by atoms with Crippen LogP contribution < -0.4 is 5.32 Å². The number of rotatable bonds is 11. The Bertz CT molecular complexity index is 661. The van der Waals surface area contributed by atoms with Gasteiger partial charge in [0.1, 0.15) is 0 Å². The zero-order valence-corrected chi connectivity index (χ0v) is 17.4. The Kier molecular flexibility index (Phi) is 8.12. The van der Waals surface area contributed by atoms with Gasteiger partial charge in [-0.25, -0.2) is 4.79 Å². The van der Waals surface area contributed by atoms with Crippen LogP contribution in [0.5, 0.6) is 0 Å². The Morgan fingerprint density at radius 1 is 0.964 bits per heavy atom. The second-order valence-electron chi connectivity index (χ2n) is 5.84. The summed E-state index contributed by atoms with van der Waals surface area (Å²) in [5.74, 6) is -1.32. The third kappa shape index (κ3) is 5.16. The number of imide groups is 1. The highest BCUT2D eigenvalue weighted by molar-refractivity contribution is 6.60. The fourth-order valence-electron chi connectivity index (χ4n) is 2.86. The second kappa shape index (κ2) is 10.3. The van der Waals surface area contributed by atoms with E-state index in [0.717, 1.165) is 0 Å². The van der Waals surface area contributed by atoms with E-state index in [2.05, 4.69) is 5.32 Å². The van der Waals surface area contributed by atoms with E-state index in [-0.39, 0.29) is 17.7 Å². The lowest BCUT2D eigenvalue weighted by Crippen LogP contribution is -2.46. The minimum Gasteiger partial charge on any atom is -0.374 e. The van der Waals surface area contributed by atoms with E-state index in [1.165, 1.54) is 12.1 Å². The van der Waals surface area contributed by atoms with Gasteiger partial charge in [0.15, 0.2) is 0 Å². The summed E-state index contributed by atoms with van der Waals surface area (Å²) in [6.07, 6.45) is -0.352. The van der Waals surface area contributed by atoms with Gasteiger partial charge in [-0.15, -0.1) is 0 Å². The molecule has 3 amide bonds. The maximum absolute atomic E-state index is 12.2. The molecule has 0 saturated heterocycles. The molecule has 0 spiro atoms. The van der Waals surface area contributed by atoms with Crippen LogP contribution in [0.2, 0.25) is 6.04 Å². The number of hydrogen-bond donors (Lipinski definition) is 1. The minimum atomic E-state index is -2.78. The van der Waals surface area contributed by atoms with Crippen molar-refractivity contribution in [1.82, 2.24) is 10.4 Å². The first kappa shape index (κ1) is 22.0. The molecular weight excluding hydrogens is 384 g/mol.